The van der Waals surface area contributed by atoms with Crippen LogP contribution in [-0.2, 0) is 23.5 Å². The molecule has 1 heterocycles. The van der Waals surface area contributed by atoms with E-state index in [2.05, 4.69) is 10.4 Å². The van der Waals surface area contributed by atoms with Gasteiger partial charge in [-0.25, -0.2) is 13.6 Å². The van der Waals surface area contributed by atoms with Crippen molar-refractivity contribution in [2.45, 2.75) is 31.2 Å². The lowest BCUT2D eigenvalue weighted by Crippen LogP contribution is -2.13. The molecule has 7 heteroatoms. The number of anilines is 1. The van der Waals surface area contributed by atoms with E-state index in [1.807, 2.05) is 33.2 Å². The Balaban J connectivity index is 2.26. The van der Waals surface area contributed by atoms with Crippen molar-refractivity contribution in [1.82, 2.24) is 9.78 Å². The summed E-state index contributed by atoms with van der Waals surface area (Å²) in [5.41, 5.74) is 2.79. The number of rotatable bonds is 5. The molecule has 114 valence electrons. The molecule has 0 saturated carbocycles. The van der Waals surface area contributed by atoms with Gasteiger partial charge in [-0.2, -0.15) is 5.10 Å². The molecular formula is C14H20N4O2S. The molecule has 1 unspecified atom stereocenters. The second-order valence-electron chi connectivity index (χ2n) is 5.00. The lowest BCUT2D eigenvalue weighted by atomic mass is 10.1. The van der Waals surface area contributed by atoms with Crippen LogP contribution in [0, 0.1) is 0 Å². The van der Waals surface area contributed by atoms with E-state index in [0.29, 0.717) is 0 Å². The predicted molar refractivity (Wildman–Crippen MR) is 82.4 cm³/mol. The SMILES string of the molecule is CCc1nn(C)cc1NC(C)c1cccc(S(N)(=O)=O)c1. The molecule has 6 nitrogen and oxygen atoms in total. The Morgan fingerprint density at radius 3 is 2.76 bits per heavy atom. The number of aromatic nitrogens is 2. The third-order valence-electron chi connectivity index (χ3n) is 3.30. The minimum Gasteiger partial charge on any atom is -0.376 e. The van der Waals surface area contributed by atoms with Gasteiger partial charge in [0.25, 0.3) is 0 Å². The summed E-state index contributed by atoms with van der Waals surface area (Å²) in [4.78, 5) is 0.121. The molecule has 1 aromatic heterocycles. The number of primary sulfonamides is 1. The highest BCUT2D eigenvalue weighted by Gasteiger charge is 2.13. The Labute approximate surface area is 125 Å². The van der Waals surface area contributed by atoms with Crippen molar-refractivity contribution in [3.8, 4) is 0 Å². The number of hydrogen-bond acceptors (Lipinski definition) is 4. The average Bonchev–Trinajstić information content (AvgIpc) is 2.78. The quantitative estimate of drug-likeness (QED) is 0.881. The Hall–Kier alpha value is -1.86. The monoisotopic (exact) mass is 308 g/mol. The summed E-state index contributed by atoms with van der Waals surface area (Å²) < 4.78 is 24.6. The van der Waals surface area contributed by atoms with Gasteiger partial charge in [-0.15, -0.1) is 0 Å². The molecule has 0 radical (unpaired) electrons. The van der Waals surface area contributed by atoms with Crippen LogP contribution < -0.4 is 10.5 Å². The van der Waals surface area contributed by atoms with Gasteiger partial charge < -0.3 is 5.32 Å². The molecule has 21 heavy (non-hydrogen) atoms. The standard InChI is InChI=1S/C14H20N4O2S/c1-4-13-14(9-18(3)17-13)16-10(2)11-6-5-7-12(8-11)21(15,19)20/h5-10,16H,4H2,1-3H3,(H2,15,19,20). The molecule has 0 bridgehead atoms. The number of sulfonamides is 1. The highest BCUT2D eigenvalue weighted by atomic mass is 32.2. The Morgan fingerprint density at radius 2 is 2.14 bits per heavy atom. The molecule has 1 aromatic carbocycles. The molecule has 0 amide bonds. The zero-order valence-corrected chi connectivity index (χ0v) is 13.2. The predicted octanol–water partition coefficient (Wildman–Crippen LogP) is 1.80. The fourth-order valence-electron chi connectivity index (χ4n) is 2.19. The number of hydrogen-bond donors (Lipinski definition) is 2. The van der Waals surface area contributed by atoms with Gasteiger partial charge in [0.2, 0.25) is 10.0 Å². The highest BCUT2D eigenvalue weighted by Crippen LogP contribution is 2.23. The van der Waals surface area contributed by atoms with Crippen LogP contribution in [0.15, 0.2) is 35.4 Å². The van der Waals surface area contributed by atoms with Gasteiger partial charge in [0.15, 0.2) is 0 Å². The number of nitrogens with one attached hydrogen (secondary N) is 1. The zero-order valence-electron chi connectivity index (χ0n) is 12.4. The summed E-state index contributed by atoms with van der Waals surface area (Å²) in [6, 6.07) is 6.59. The van der Waals surface area contributed by atoms with Gasteiger partial charge in [0, 0.05) is 19.3 Å². The molecule has 0 spiro atoms. The summed E-state index contributed by atoms with van der Waals surface area (Å²) in [5.74, 6) is 0. The van der Waals surface area contributed by atoms with Crippen molar-refractivity contribution in [3.05, 3.63) is 41.7 Å². The van der Waals surface area contributed by atoms with Crippen LogP contribution in [0.3, 0.4) is 0 Å². The average molecular weight is 308 g/mol. The van der Waals surface area contributed by atoms with Gasteiger partial charge in [0.05, 0.1) is 16.3 Å². The molecule has 0 aliphatic carbocycles. The molecule has 2 rings (SSSR count). The zero-order chi connectivity index (χ0) is 15.6. The molecule has 3 N–H and O–H groups in total. The smallest absolute Gasteiger partial charge is 0.238 e. The summed E-state index contributed by atoms with van der Waals surface area (Å²) in [7, 11) is -1.81. The Morgan fingerprint density at radius 1 is 1.43 bits per heavy atom. The Bertz CT molecular complexity index is 737. The second-order valence-corrected chi connectivity index (χ2v) is 6.56. The second kappa shape index (κ2) is 5.87. The van der Waals surface area contributed by atoms with Gasteiger partial charge in [-0.05, 0) is 31.0 Å². The summed E-state index contributed by atoms with van der Waals surface area (Å²) in [6.45, 7) is 4.01. The first kappa shape index (κ1) is 15.5. The maximum Gasteiger partial charge on any atom is 0.238 e. The van der Waals surface area contributed by atoms with Gasteiger partial charge in [0.1, 0.15) is 0 Å². The molecule has 0 aliphatic rings. The number of nitrogens with zero attached hydrogens (tertiary/aromatic N) is 2. The number of benzene rings is 1. The van der Waals surface area contributed by atoms with E-state index in [1.54, 1.807) is 16.8 Å². The molecule has 0 fully saturated rings. The third kappa shape index (κ3) is 3.62. The van der Waals surface area contributed by atoms with Crippen LogP contribution in [0.2, 0.25) is 0 Å². The first-order valence-corrected chi connectivity index (χ1v) is 8.27. The van der Waals surface area contributed by atoms with Crippen molar-refractivity contribution < 1.29 is 8.42 Å². The summed E-state index contributed by atoms with van der Waals surface area (Å²) in [6.07, 6.45) is 2.74. The summed E-state index contributed by atoms with van der Waals surface area (Å²) >= 11 is 0. The minimum atomic E-state index is -3.68. The normalized spacial score (nSPS) is 13.1. The van der Waals surface area contributed by atoms with Crippen molar-refractivity contribution >= 4 is 15.7 Å². The Kier molecular flexibility index (Phi) is 4.34. The molecule has 1 atom stereocenters. The lowest BCUT2D eigenvalue weighted by Gasteiger charge is -2.16. The van der Waals surface area contributed by atoms with Crippen molar-refractivity contribution in [1.29, 1.82) is 0 Å². The fraction of sp³-hybridized carbons (Fsp3) is 0.357. The fourth-order valence-corrected chi connectivity index (χ4v) is 2.76. The molecule has 0 saturated heterocycles. The van der Waals surface area contributed by atoms with E-state index >= 15 is 0 Å². The van der Waals surface area contributed by atoms with Crippen molar-refractivity contribution in [2.75, 3.05) is 5.32 Å². The number of aryl methyl sites for hydroxylation is 2. The van der Waals surface area contributed by atoms with Gasteiger partial charge >= 0.3 is 0 Å². The van der Waals surface area contributed by atoms with Crippen LogP contribution in [0.1, 0.15) is 31.1 Å². The maximum atomic E-state index is 11.4. The van der Waals surface area contributed by atoms with Crippen molar-refractivity contribution in [3.63, 3.8) is 0 Å². The van der Waals surface area contributed by atoms with E-state index in [9.17, 15) is 8.42 Å². The number of nitrogens with two attached hydrogens (primary N) is 1. The largest absolute Gasteiger partial charge is 0.376 e. The van der Waals surface area contributed by atoms with E-state index in [1.165, 1.54) is 6.07 Å². The first-order chi connectivity index (χ1) is 9.81. The van der Waals surface area contributed by atoms with Crippen LogP contribution in [0.5, 0.6) is 0 Å². The van der Waals surface area contributed by atoms with Crippen LogP contribution in [0.4, 0.5) is 5.69 Å². The van der Waals surface area contributed by atoms with E-state index < -0.39 is 10.0 Å². The van der Waals surface area contributed by atoms with Crippen LogP contribution >= 0.6 is 0 Å². The first-order valence-electron chi connectivity index (χ1n) is 6.73. The molecule has 0 aliphatic heterocycles. The van der Waals surface area contributed by atoms with Crippen molar-refractivity contribution in [2.24, 2.45) is 12.2 Å². The highest BCUT2D eigenvalue weighted by molar-refractivity contribution is 7.89. The summed E-state index contributed by atoms with van der Waals surface area (Å²) in [5, 5.41) is 12.9. The maximum absolute atomic E-state index is 11.4. The lowest BCUT2D eigenvalue weighted by molar-refractivity contribution is 0.597. The van der Waals surface area contributed by atoms with Crippen LogP contribution in [-0.4, -0.2) is 18.2 Å². The molecular weight excluding hydrogens is 288 g/mol. The third-order valence-corrected chi connectivity index (χ3v) is 4.21. The van der Waals surface area contributed by atoms with Gasteiger partial charge in [-0.3, -0.25) is 4.68 Å². The topological polar surface area (TPSA) is 90.0 Å². The van der Waals surface area contributed by atoms with E-state index in [-0.39, 0.29) is 10.9 Å². The van der Waals surface area contributed by atoms with E-state index in [4.69, 9.17) is 5.14 Å². The van der Waals surface area contributed by atoms with Crippen LogP contribution in [0.25, 0.3) is 0 Å². The minimum absolute atomic E-state index is 0.0544. The van der Waals surface area contributed by atoms with E-state index in [0.717, 1.165) is 23.4 Å². The van der Waals surface area contributed by atoms with Gasteiger partial charge in [-0.1, -0.05) is 19.1 Å². The molecule has 2 aromatic rings.